The predicted octanol–water partition coefficient (Wildman–Crippen LogP) is 2.76. The number of ether oxygens (including phenoxy) is 1. The van der Waals surface area contributed by atoms with Crippen molar-refractivity contribution in [3.63, 3.8) is 0 Å². The van der Waals surface area contributed by atoms with Gasteiger partial charge in [-0.05, 0) is 36.8 Å². The molecule has 0 bridgehead atoms. The summed E-state index contributed by atoms with van der Waals surface area (Å²) in [6, 6.07) is 8.07. The molecular formula is C15H16FNO3. The van der Waals surface area contributed by atoms with Gasteiger partial charge >= 0.3 is 0 Å². The van der Waals surface area contributed by atoms with E-state index in [-0.39, 0.29) is 18.3 Å². The van der Waals surface area contributed by atoms with Crippen molar-refractivity contribution >= 4 is 5.91 Å². The maximum absolute atomic E-state index is 13.5. The van der Waals surface area contributed by atoms with Gasteiger partial charge in [0.2, 0.25) is 0 Å². The third-order valence-electron chi connectivity index (χ3n) is 2.84. The van der Waals surface area contributed by atoms with Gasteiger partial charge in [-0.1, -0.05) is 6.07 Å². The quantitative estimate of drug-likeness (QED) is 0.844. The lowest BCUT2D eigenvalue weighted by Gasteiger charge is -2.16. The van der Waals surface area contributed by atoms with Crippen molar-refractivity contribution in [2.24, 2.45) is 0 Å². The normalized spacial score (nSPS) is 10.3. The van der Waals surface area contributed by atoms with Crippen LogP contribution >= 0.6 is 0 Å². The highest BCUT2D eigenvalue weighted by molar-refractivity contribution is 5.77. The van der Waals surface area contributed by atoms with E-state index in [2.05, 4.69) is 0 Å². The summed E-state index contributed by atoms with van der Waals surface area (Å²) in [6.45, 7) is 1.97. The number of rotatable bonds is 5. The number of aryl methyl sites for hydroxylation is 1. The molecule has 20 heavy (non-hydrogen) atoms. The standard InChI is InChI=1S/C15H16FNO3/c1-11-5-6-13(16)14(8-11)20-10-15(18)17(2)9-12-4-3-7-19-12/h3-8H,9-10H2,1-2H3. The molecule has 5 heteroatoms. The van der Waals surface area contributed by atoms with Crippen molar-refractivity contribution in [1.82, 2.24) is 4.90 Å². The van der Waals surface area contributed by atoms with Gasteiger partial charge in [0.1, 0.15) is 5.76 Å². The molecule has 1 aromatic carbocycles. The van der Waals surface area contributed by atoms with E-state index in [4.69, 9.17) is 9.15 Å². The lowest BCUT2D eigenvalue weighted by atomic mass is 10.2. The third-order valence-corrected chi connectivity index (χ3v) is 2.84. The molecule has 0 unspecified atom stereocenters. The third kappa shape index (κ3) is 3.60. The molecule has 1 heterocycles. The number of likely N-dealkylation sites (N-methyl/N-ethyl adjacent to an activating group) is 1. The summed E-state index contributed by atoms with van der Waals surface area (Å²) in [5.41, 5.74) is 0.873. The zero-order chi connectivity index (χ0) is 14.5. The van der Waals surface area contributed by atoms with E-state index < -0.39 is 5.82 Å². The molecule has 0 aliphatic heterocycles. The minimum absolute atomic E-state index is 0.0877. The van der Waals surface area contributed by atoms with E-state index in [1.165, 1.54) is 11.0 Å². The first kappa shape index (κ1) is 14.1. The van der Waals surface area contributed by atoms with E-state index in [1.807, 2.05) is 6.92 Å². The molecule has 106 valence electrons. The van der Waals surface area contributed by atoms with Crippen molar-refractivity contribution < 1.29 is 18.3 Å². The van der Waals surface area contributed by atoms with Gasteiger partial charge in [-0.25, -0.2) is 4.39 Å². The zero-order valence-corrected chi connectivity index (χ0v) is 11.4. The fourth-order valence-electron chi connectivity index (χ4n) is 1.70. The highest BCUT2D eigenvalue weighted by Gasteiger charge is 2.13. The second-order valence-electron chi connectivity index (χ2n) is 4.55. The van der Waals surface area contributed by atoms with Crippen LogP contribution in [0.3, 0.4) is 0 Å². The Balaban J connectivity index is 1.89. The molecule has 0 radical (unpaired) electrons. The summed E-state index contributed by atoms with van der Waals surface area (Å²) in [5.74, 6) is 0.0479. The highest BCUT2D eigenvalue weighted by atomic mass is 19.1. The zero-order valence-electron chi connectivity index (χ0n) is 11.4. The second-order valence-corrected chi connectivity index (χ2v) is 4.55. The first-order valence-electron chi connectivity index (χ1n) is 6.21. The molecule has 2 rings (SSSR count). The first-order chi connectivity index (χ1) is 9.56. The van der Waals surface area contributed by atoms with Crippen molar-refractivity contribution in [3.8, 4) is 5.75 Å². The van der Waals surface area contributed by atoms with Crippen molar-refractivity contribution in [2.75, 3.05) is 13.7 Å². The van der Waals surface area contributed by atoms with E-state index in [0.717, 1.165) is 5.56 Å². The van der Waals surface area contributed by atoms with E-state index >= 15 is 0 Å². The predicted molar refractivity (Wildman–Crippen MR) is 71.8 cm³/mol. The first-order valence-corrected chi connectivity index (χ1v) is 6.21. The van der Waals surface area contributed by atoms with Crippen LogP contribution in [0.15, 0.2) is 41.0 Å². The lowest BCUT2D eigenvalue weighted by molar-refractivity contribution is -0.132. The number of nitrogens with zero attached hydrogens (tertiary/aromatic N) is 1. The number of carbonyl (C=O) groups is 1. The Hall–Kier alpha value is -2.30. The summed E-state index contributed by atoms with van der Waals surface area (Å²) >= 11 is 0. The van der Waals surface area contributed by atoms with Gasteiger partial charge in [0.25, 0.3) is 5.91 Å². The van der Waals surface area contributed by atoms with Gasteiger partial charge in [-0.2, -0.15) is 0 Å². The molecular weight excluding hydrogens is 261 g/mol. The van der Waals surface area contributed by atoms with Crippen LogP contribution in [0.5, 0.6) is 5.75 Å². The maximum atomic E-state index is 13.5. The minimum Gasteiger partial charge on any atom is -0.481 e. The Morgan fingerprint density at radius 2 is 2.20 bits per heavy atom. The van der Waals surface area contributed by atoms with Gasteiger partial charge in [-0.15, -0.1) is 0 Å². The SMILES string of the molecule is Cc1ccc(F)c(OCC(=O)N(C)Cc2ccco2)c1. The lowest BCUT2D eigenvalue weighted by Crippen LogP contribution is -2.30. The Bertz CT molecular complexity index is 581. The maximum Gasteiger partial charge on any atom is 0.260 e. The van der Waals surface area contributed by atoms with E-state index in [1.54, 1.807) is 37.6 Å². The van der Waals surface area contributed by atoms with Crippen LogP contribution in [0, 0.1) is 12.7 Å². The Morgan fingerprint density at radius 3 is 2.90 bits per heavy atom. The smallest absolute Gasteiger partial charge is 0.260 e. The summed E-state index contributed by atoms with van der Waals surface area (Å²) in [5, 5.41) is 0. The topological polar surface area (TPSA) is 42.7 Å². The van der Waals surface area contributed by atoms with Crippen LogP contribution in [-0.4, -0.2) is 24.5 Å². The highest BCUT2D eigenvalue weighted by Crippen LogP contribution is 2.18. The Kier molecular flexibility index (Phi) is 4.40. The summed E-state index contributed by atoms with van der Waals surface area (Å²) in [7, 11) is 1.64. The van der Waals surface area contributed by atoms with Crippen molar-refractivity contribution in [3.05, 3.63) is 53.7 Å². The fraction of sp³-hybridized carbons (Fsp3) is 0.267. The number of halogens is 1. The number of benzene rings is 1. The summed E-state index contributed by atoms with van der Waals surface area (Å²) in [4.78, 5) is 13.3. The summed E-state index contributed by atoms with van der Waals surface area (Å²) in [6.07, 6.45) is 1.55. The largest absolute Gasteiger partial charge is 0.481 e. The van der Waals surface area contributed by atoms with Gasteiger partial charge in [-0.3, -0.25) is 4.79 Å². The van der Waals surface area contributed by atoms with Crippen LogP contribution in [-0.2, 0) is 11.3 Å². The molecule has 0 aliphatic carbocycles. The number of carbonyl (C=O) groups excluding carboxylic acids is 1. The molecule has 2 aromatic rings. The second kappa shape index (κ2) is 6.23. The average molecular weight is 277 g/mol. The molecule has 0 saturated heterocycles. The molecule has 0 spiro atoms. The number of furan rings is 1. The van der Waals surface area contributed by atoms with Crippen LogP contribution < -0.4 is 4.74 Å². The fourth-order valence-corrected chi connectivity index (χ4v) is 1.70. The monoisotopic (exact) mass is 277 g/mol. The number of hydrogen-bond acceptors (Lipinski definition) is 3. The van der Waals surface area contributed by atoms with Crippen LogP contribution in [0.2, 0.25) is 0 Å². The van der Waals surface area contributed by atoms with Crippen molar-refractivity contribution in [1.29, 1.82) is 0 Å². The number of amides is 1. The van der Waals surface area contributed by atoms with E-state index in [9.17, 15) is 9.18 Å². The molecule has 4 nitrogen and oxygen atoms in total. The molecule has 0 aliphatic rings. The average Bonchev–Trinajstić information content (AvgIpc) is 2.92. The van der Waals surface area contributed by atoms with E-state index in [0.29, 0.717) is 12.3 Å². The Labute approximate surface area is 116 Å². The summed E-state index contributed by atoms with van der Waals surface area (Å²) < 4.78 is 23.8. The van der Waals surface area contributed by atoms with Gasteiger partial charge in [0.15, 0.2) is 18.2 Å². The molecule has 0 fully saturated rings. The van der Waals surface area contributed by atoms with Gasteiger partial charge in [0, 0.05) is 7.05 Å². The minimum atomic E-state index is -0.475. The van der Waals surface area contributed by atoms with Gasteiger partial charge in [0.05, 0.1) is 12.8 Å². The van der Waals surface area contributed by atoms with Gasteiger partial charge < -0.3 is 14.1 Å². The molecule has 0 N–H and O–H groups in total. The van der Waals surface area contributed by atoms with Crippen molar-refractivity contribution in [2.45, 2.75) is 13.5 Å². The molecule has 0 atom stereocenters. The van der Waals surface area contributed by atoms with Crippen LogP contribution in [0.1, 0.15) is 11.3 Å². The Morgan fingerprint density at radius 1 is 1.40 bits per heavy atom. The number of hydrogen-bond donors (Lipinski definition) is 0. The van der Waals surface area contributed by atoms with Crippen LogP contribution in [0.4, 0.5) is 4.39 Å². The molecule has 1 aromatic heterocycles. The van der Waals surface area contributed by atoms with Crippen LogP contribution in [0.25, 0.3) is 0 Å². The molecule has 0 saturated carbocycles. The molecule has 1 amide bonds.